The van der Waals surface area contributed by atoms with Crippen LogP contribution in [0.5, 0.6) is 11.5 Å². The van der Waals surface area contributed by atoms with E-state index in [-0.39, 0.29) is 5.82 Å². The van der Waals surface area contributed by atoms with Crippen LogP contribution in [0.4, 0.5) is 10.1 Å². The molecule has 4 heteroatoms. The van der Waals surface area contributed by atoms with Crippen molar-refractivity contribution in [1.82, 2.24) is 0 Å². The molecule has 0 aliphatic carbocycles. The van der Waals surface area contributed by atoms with Crippen LogP contribution < -0.4 is 15.2 Å². The second-order valence-corrected chi connectivity index (χ2v) is 3.80. The quantitative estimate of drug-likeness (QED) is 0.848. The lowest BCUT2D eigenvalue weighted by Crippen LogP contribution is -1.93. The van der Waals surface area contributed by atoms with Crippen molar-refractivity contribution in [3.63, 3.8) is 0 Å². The van der Waals surface area contributed by atoms with E-state index in [1.54, 1.807) is 37.4 Å². The van der Waals surface area contributed by atoms with E-state index in [0.717, 1.165) is 0 Å². The van der Waals surface area contributed by atoms with E-state index < -0.39 is 0 Å². The fraction of sp³-hybridized carbons (Fsp3) is 0.143. The molecule has 0 spiro atoms. The van der Waals surface area contributed by atoms with Crippen molar-refractivity contribution in [2.75, 3.05) is 20.0 Å². The average Bonchev–Trinajstić information content (AvgIpc) is 2.38. The van der Waals surface area contributed by atoms with Crippen LogP contribution in [0.15, 0.2) is 36.4 Å². The Labute approximate surface area is 105 Å². The second kappa shape index (κ2) is 4.96. The number of hydrogen-bond donors (Lipinski definition) is 1. The molecule has 2 N–H and O–H groups in total. The van der Waals surface area contributed by atoms with E-state index in [2.05, 4.69) is 0 Å². The van der Waals surface area contributed by atoms with Crippen LogP contribution in [0.3, 0.4) is 0 Å². The van der Waals surface area contributed by atoms with Gasteiger partial charge in [0.1, 0.15) is 17.3 Å². The standard InChI is InChI=1S/C14H14FNO2/c1-17-10-4-5-11(12(15)8-10)9-3-6-14(18-2)13(16)7-9/h3-8H,16H2,1-2H3. The zero-order valence-corrected chi connectivity index (χ0v) is 10.2. The van der Waals surface area contributed by atoms with Gasteiger partial charge in [-0.05, 0) is 29.8 Å². The molecule has 0 radical (unpaired) electrons. The number of methoxy groups -OCH3 is 2. The summed E-state index contributed by atoms with van der Waals surface area (Å²) in [4.78, 5) is 0. The molecule has 2 rings (SSSR count). The van der Waals surface area contributed by atoms with Gasteiger partial charge in [0.2, 0.25) is 0 Å². The van der Waals surface area contributed by atoms with Gasteiger partial charge in [-0.2, -0.15) is 0 Å². The Kier molecular flexibility index (Phi) is 3.37. The van der Waals surface area contributed by atoms with E-state index in [1.165, 1.54) is 13.2 Å². The summed E-state index contributed by atoms with van der Waals surface area (Å²) in [6.07, 6.45) is 0. The fourth-order valence-corrected chi connectivity index (χ4v) is 1.76. The summed E-state index contributed by atoms with van der Waals surface area (Å²) in [7, 11) is 3.04. The number of ether oxygens (including phenoxy) is 2. The molecule has 2 aromatic carbocycles. The van der Waals surface area contributed by atoms with E-state index in [9.17, 15) is 4.39 Å². The number of benzene rings is 2. The molecule has 0 fully saturated rings. The first-order valence-corrected chi connectivity index (χ1v) is 5.43. The molecule has 0 aromatic heterocycles. The van der Waals surface area contributed by atoms with Gasteiger partial charge in [-0.15, -0.1) is 0 Å². The minimum Gasteiger partial charge on any atom is -0.497 e. The maximum atomic E-state index is 13.9. The second-order valence-electron chi connectivity index (χ2n) is 3.80. The highest BCUT2D eigenvalue weighted by Gasteiger charge is 2.08. The van der Waals surface area contributed by atoms with Crippen LogP contribution in [0.2, 0.25) is 0 Å². The molecule has 0 saturated carbocycles. The Hall–Kier alpha value is -2.23. The van der Waals surface area contributed by atoms with Gasteiger partial charge in [-0.3, -0.25) is 0 Å². The van der Waals surface area contributed by atoms with Gasteiger partial charge >= 0.3 is 0 Å². The predicted molar refractivity (Wildman–Crippen MR) is 69.4 cm³/mol. The number of halogens is 1. The molecule has 0 aliphatic heterocycles. The first-order valence-electron chi connectivity index (χ1n) is 5.43. The molecule has 0 aliphatic rings. The summed E-state index contributed by atoms with van der Waals surface area (Å²) >= 11 is 0. The zero-order valence-electron chi connectivity index (χ0n) is 10.2. The summed E-state index contributed by atoms with van der Waals surface area (Å²) in [6.45, 7) is 0. The van der Waals surface area contributed by atoms with E-state index in [4.69, 9.17) is 15.2 Å². The topological polar surface area (TPSA) is 44.5 Å². The summed E-state index contributed by atoms with van der Waals surface area (Å²) in [5, 5.41) is 0. The highest BCUT2D eigenvalue weighted by Crippen LogP contribution is 2.31. The van der Waals surface area contributed by atoms with Crippen LogP contribution >= 0.6 is 0 Å². The average molecular weight is 247 g/mol. The van der Waals surface area contributed by atoms with E-state index in [0.29, 0.717) is 28.3 Å². The highest BCUT2D eigenvalue weighted by atomic mass is 19.1. The largest absolute Gasteiger partial charge is 0.497 e. The van der Waals surface area contributed by atoms with Crippen molar-refractivity contribution in [1.29, 1.82) is 0 Å². The van der Waals surface area contributed by atoms with Gasteiger partial charge < -0.3 is 15.2 Å². The lowest BCUT2D eigenvalue weighted by atomic mass is 10.0. The van der Waals surface area contributed by atoms with E-state index >= 15 is 0 Å². The first kappa shape index (κ1) is 12.2. The lowest BCUT2D eigenvalue weighted by Gasteiger charge is -2.09. The van der Waals surface area contributed by atoms with Crippen LogP contribution in [0, 0.1) is 5.82 Å². The van der Waals surface area contributed by atoms with Crippen molar-refractivity contribution in [3.8, 4) is 22.6 Å². The Morgan fingerprint density at radius 3 is 2.33 bits per heavy atom. The molecule has 94 valence electrons. The molecule has 2 aromatic rings. The van der Waals surface area contributed by atoms with Gasteiger partial charge in [0.15, 0.2) is 0 Å². The van der Waals surface area contributed by atoms with Crippen molar-refractivity contribution in [3.05, 3.63) is 42.2 Å². The zero-order chi connectivity index (χ0) is 13.1. The maximum Gasteiger partial charge on any atom is 0.141 e. The fourth-order valence-electron chi connectivity index (χ4n) is 1.76. The van der Waals surface area contributed by atoms with Gasteiger partial charge in [0.25, 0.3) is 0 Å². The van der Waals surface area contributed by atoms with Crippen LogP contribution in [-0.4, -0.2) is 14.2 Å². The van der Waals surface area contributed by atoms with Crippen LogP contribution in [0.25, 0.3) is 11.1 Å². The Balaban J connectivity index is 2.45. The Bertz CT molecular complexity index is 570. The molecule has 0 saturated heterocycles. The van der Waals surface area contributed by atoms with Crippen molar-refractivity contribution < 1.29 is 13.9 Å². The molecule has 0 heterocycles. The van der Waals surface area contributed by atoms with Gasteiger partial charge in [-0.25, -0.2) is 4.39 Å². The highest BCUT2D eigenvalue weighted by molar-refractivity contribution is 5.71. The van der Waals surface area contributed by atoms with Crippen molar-refractivity contribution in [2.45, 2.75) is 0 Å². The summed E-state index contributed by atoms with van der Waals surface area (Å²) in [5.74, 6) is 0.712. The molecule has 3 nitrogen and oxygen atoms in total. The summed E-state index contributed by atoms with van der Waals surface area (Å²) < 4.78 is 23.9. The minimum absolute atomic E-state index is 0.348. The molecule has 18 heavy (non-hydrogen) atoms. The summed E-state index contributed by atoms with van der Waals surface area (Å²) in [6, 6.07) is 9.88. The SMILES string of the molecule is COc1ccc(-c2ccc(OC)c(N)c2)c(F)c1. The monoisotopic (exact) mass is 247 g/mol. The minimum atomic E-state index is -0.348. The third-order valence-corrected chi connectivity index (χ3v) is 2.72. The molecular formula is C14H14FNO2. The number of hydrogen-bond acceptors (Lipinski definition) is 3. The smallest absolute Gasteiger partial charge is 0.141 e. The van der Waals surface area contributed by atoms with Crippen LogP contribution in [0.1, 0.15) is 0 Å². The van der Waals surface area contributed by atoms with Gasteiger partial charge in [-0.1, -0.05) is 6.07 Å². The van der Waals surface area contributed by atoms with Crippen LogP contribution in [-0.2, 0) is 0 Å². The molecular weight excluding hydrogens is 233 g/mol. The van der Waals surface area contributed by atoms with Crippen molar-refractivity contribution >= 4 is 5.69 Å². The molecule has 0 amide bonds. The maximum absolute atomic E-state index is 13.9. The third kappa shape index (κ3) is 2.22. The van der Waals surface area contributed by atoms with Crippen molar-refractivity contribution in [2.24, 2.45) is 0 Å². The molecule has 0 bridgehead atoms. The predicted octanol–water partition coefficient (Wildman–Crippen LogP) is 3.09. The summed E-state index contributed by atoms with van der Waals surface area (Å²) in [5.41, 5.74) is 7.46. The Morgan fingerprint density at radius 2 is 1.78 bits per heavy atom. The number of anilines is 1. The number of nitrogen functional groups attached to an aromatic ring is 1. The normalized spacial score (nSPS) is 10.2. The Morgan fingerprint density at radius 1 is 1.00 bits per heavy atom. The van der Waals surface area contributed by atoms with Gasteiger partial charge in [0.05, 0.1) is 19.9 Å². The molecule has 0 atom stereocenters. The van der Waals surface area contributed by atoms with E-state index in [1.807, 2.05) is 0 Å². The third-order valence-electron chi connectivity index (χ3n) is 2.72. The van der Waals surface area contributed by atoms with Gasteiger partial charge in [0, 0.05) is 11.6 Å². The first-order chi connectivity index (χ1) is 8.65. The number of rotatable bonds is 3. The lowest BCUT2D eigenvalue weighted by molar-refractivity contribution is 0.411. The number of nitrogens with two attached hydrogens (primary N) is 1. The molecule has 0 unspecified atom stereocenters.